The van der Waals surface area contributed by atoms with Crippen molar-refractivity contribution < 1.29 is 9.53 Å². The van der Waals surface area contributed by atoms with Gasteiger partial charge in [-0.25, -0.2) is 0 Å². The maximum Gasteiger partial charge on any atom is 0.322 e. The van der Waals surface area contributed by atoms with Gasteiger partial charge in [0.2, 0.25) is 0 Å². The minimum atomic E-state index is -0.147. The molecule has 0 aliphatic heterocycles. The van der Waals surface area contributed by atoms with Gasteiger partial charge >= 0.3 is 5.97 Å². The molecule has 0 aromatic carbocycles. The van der Waals surface area contributed by atoms with Gasteiger partial charge in [-0.05, 0) is 18.5 Å². The lowest BCUT2D eigenvalue weighted by Crippen LogP contribution is -2.40. The number of carbonyl (C=O) groups is 1. The third kappa shape index (κ3) is 2.95. The predicted octanol–water partition coefficient (Wildman–Crippen LogP) is -0.443. The molecule has 0 saturated carbocycles. The van der Waals surface area contributed by atoms with Crippen LogP contribution < -0.4 is 5.32 Å². The number of carbonyl (C=O) groups excluding carboxylic acids is 1. The fraction of sp³-hybridized carbons (Fsp3) is 0.875. The molecule has 0 rings (SSSR count). The molecule has 0 heterocycles. The van der Waals surface area contributed by atoms with Crippen LogP contribution in [0.1, 0.15) is 13.8 Å². The first-order valence-corrected chi connectivity index (χ1v) is 5.45. The number of ether oxygens (including phenoxy) is 1. The molecule has 0 aliphatic carbocycles. The van der Waals surface area contributed by atoms with E-state index in [9.17, 15) is 4.79 Å². The van der Waals surface area contributed by atoms with Crippen molar-refractivity contribution in [2.45, 2.75) is 25.4 Å². The fourth-order valence-electron chi connectivity index (χ4n) is 1.11. The summed E-state index contributed by atoms with van der Waals surface area (Å²) in [4.78, 5) is 11.2. The van der Waals surface area contributed by atoms with Gasteiger partial charge in [0.05, 0.1) is 7.11 Å². The molecule has 3 nitrogen and oxygen atoms in total. The molecular formula is C8H19NO2Si. The Morgan fingerprint density at radius 3 is 2.25 bits per heavy atom. The third-order valence-electron chi connectivity index (χ3n) is 2.34. The highest BCUT2D eigenvalue weighted by molar-refractivity contribution is 6.14. The first-order chi connectivity index (χ1) is 5.54. The van der Waals surface area contributed by atoms with E-state index >= 15 is 0 Å². The van der Waals surface area contributed by atoms with E-state index in [1.54, 1.807) is 7.05 Å². The van der Waals surface area contributed by atoms with Gasteiger partial charge in [0.25, 0.3) is 0 Å². The topological polar surface area (TPSA) is 38.3 Å². The van der Waals surface area contributed by atoms with Crippen LogP contribution in [0.5, 0.6) is 0 Å². The van der Waals surface area contributed by atoms with Crippen molar-refractivity contribution in [2.75, 3.05) is 14.2 Å². The fourth-order valence-corrected chi connectivity index (χ4v) is 1.71. The van der Waals surface area contributed by atoms with E-state index in [0.29, 0.717) is 11.5 Å². The Morgan fingerprint density at radius 1 is 1.50 bits per heavy atom. The van der Waals surface area contributed by atoms with E-state index in [2.05, 4.69) is 19.2 Å². The van der Waals surface area contributed by atoms with Crippen LogP contribution in [0.25, 0.3) is 0 Å². The summed E-state index contributed by atoms with van der Waals surface area (Å²) in [7, 11) is 4.24. The number of likely N-dealkylation sites (N-methyl/N-ethyl adjacent to an activating group) is 1. The molecule has 0 radical (unpaired) electrons. The molecule has 0 aromatic rings. The minimum absolute atomic E-state index is 0.123. The highest BCUT2D eigenvalue weighted by Crippen LogP contribution is 2.18. The number of rotatable bonds is 4. The number of hydrogen-bond donors (Lipinski definition) is 1. The largest absolute Gasteiger partial charge is 0.468 e. The molecule has 0 aliphatic rings. The summed E-state index contributed by atoms with van der Waals surface area (Å²) in [6, 6.07) is -0.123. The molecular weight excluding hydrogens is 170 g/mol. The second kappa shape index (κ2) is 5.32. The zero-order valence-electron chi connectivity index (χ0n) is 8.55. The Bertz CT molecular complexity index is 150. The zero-order valence-corrected chi connectivity index (χ0v) is 10.5. The Hall–Kier alpha value is -0.353. The lowest BCUT2D eigenvalue weighted by Gasteiger charge is -2.23. The van der Waals surface area contributed by atoms with Crippen LogP contribution in [-0.2, 0) is 9.53 Å². The van der Waals surface area contributed by atoms with Crippen molar-refractivity contribution in [1.29, 1.82) is 0 Å². The Morgan fingerprint density at radius 2 is 2.00 bits per heavy atom. The lowest BCUT2D eigenvalue weighted by molar-refractivity contribution is -0.143. The molecule has 0 amide bonds. The van der Waals surface area contributed by atoms with Crippen molar-refractivity contribution in [1.82, 2.24) is 5.32 Å². The highest BCUT2D eigenvalue weighted by atomic mass is 28.1. The van der Waals surface area contributed by atoms with Gasteiger partial charge in [0, 0.05) is 10.2 Å². The number of esters is 1. The van der Waals surface area contributed by atoms with E-state index in [1.807, 2.05) is 0 Å². The van der Waals surface area contributed by atoms with Crippen LogP contribution in [0.2, 0.25) is 5.54 Å². The smallest absolute Gasteiger partial charge is 0.322 e. The summed E-state index contributed by atoms with van der Waals surface area (Å²) in [6.07, 6.45) is 0. The standard InChI is InChI=1S/C8H19NO2Si/c1-5(2)7(12)6(9-3)8(10)11-4/h5-7,9H,1-4,12H3/t6-,7-/m0/s1. The first-order valence-electron chi connectivity index (χ1n) is 4.29. The van der Waals surface area contributed by atoms with Gasteiger partial charge < -0.3 is 10.1 Å². The Labute approximate surface area is 77.3 Å². The monoisotopic (exact) mass is 189 g/mol. The van der Waals surface area contributed by atoms with E-state index in [-0.39, 0.29) is 12.0 Å². The zero-order chi connectivity index (χ0) is 9.72. The Kier molecular flexibility index (Phi) is 5.16. The maximum absolute atomic E-state index is 11.2. The summed E-state index contributed by atoms with van der Waals surface area (Å²) in [5, 5.41) is 2.99. The van der Waals surface area contributed by atoms with Crippen LogP contribution in [0.4, 0.5) is 0 Å². The van der Waals surface area contributed by atoms with Crippen LogP contribution in [0.15, 0.2) is 0 Å². The molecule has 12 heavy (non-hydrogen) atoms. The maximum atomic E-state index is 11.2. The van der Waals surface area contributed by atoms with Crippen LogP contribution >= 0.6 is 0 Å². The van der Waals surface area contributed by atoms with Gasteiger partial charge in [0.15, 0.2) is 0 Å². The molecule has 2 atom stereocenters. The van der Waals surface area contributed by atoms with Crippen LogP contribution in [0, 0.1) is 5.92 Å². The normalized spacial score (nSPS) is 16.1. The summed E-state index contributed by atoms with van der Waals surface area (Å²) in [5.41, 5.74) is 0.433. The van der Waals surface area contributed by atoms with Crippen LogP contribution in [-0.4, -0.2) is 36.4 Å². The molecule has 0 spiro atoms. The Balaban J connectivity index is 4.23. The van der Waals surface area contributed by atoms with E-state index < -0.39 is 0 Å². The predicted molar refractivity (Wildman–Crippen MR) is 53.4 cm³/mol. The molecule has 1 N–H and O–H groups in total. The van der Waals surface area contributed by atoms with E-state index in [0.717, 1.165) is 10.2 Å². The van der Waals surface area contributed by atoms with Crippen molar-refractivity contribution in [2.24, 2.45) is 5.92 Å². The molecule has 0 bridgehead atoms. The van der Waals surface area contributed by atoms with Crippen molar-refractivity contribution in [3.05, 3.63) is 0 Å². The molecule has 0 aromatic heterocycles. The van der Waals surface area contributed by atoms with Gasteiger partial charge in [-0.15, -0.1) is 0 Å². The van der Waals surface area contributed by atoms with Gasteiger partial charge in [0.1, 0.15) is 6.04 Å². The van der Waals surface area contributed by atoms with Crippen LogP contribution in [0.3, 0.4) is 0 Å². The van der Waals surface area contributed by atoms with Gasteiger partial charge in [-0.3, -0.25) is 4.79 Å². The SMILES string of the molecule is CN[C@H](C(=O)OC)[C@@H]([SiH3])C(C)C. The van der Waals surface area contributed by atoms with Crippen molar-refractivity contribution in [3.63, 3.8) is 0 Å². The average Bonchev–Trinajstić information content (AvgIpc) is 2.05. The molecule has 72 valence electrons. The second-order valence-electron chi connectivity index (χ2n) is 3.39. The summed E-state index contributed by atoms with van der Waals surface area (Å²) in [5.74, 6) is 0.388. The third-order valence-corrected chi connectivity index (χ3v) is 4.34. The van der Waals surface area contributed by atoms with Crippen molar-refractivity contribution in [3.8, 4) is 0 Å². The van der Waals surface area contributed by atoms with E-state index in [1.165, 1.54) is 7.11 Å². The van der Waals surface area contributed by atoms with Crippen molar-refractivity contribution >= 4 is 16.2 Å². The van der Waals surface area contributed by atoms with Gasteiger partial charge in [-0.1, -0.05) is 13.8 Å². The average molecular weight is 189 g/mol. The number of methoxy groups -OCH3 is 1. The number of hydrogen-bond acceptors (Lipinski definition) is 3. The summed E-state index contributed by atoms with van der Waals surface area (Å²) in [6.45, 7) is 4.26. The minimum Gasteiger partial charge on any atom is -0.468 e. The first kappa shape index (κ1) is 11.6. The quantitative estimate of drug-likeness (QED) is 0.481. The van der Waals surface area contributed by atoms with Gasteiger partial charge in [-0.2, -0.15) is 0 Å². The molecule has 0 fully saturated rings. The molecule has 0 saturated heterocycles. The van der Waals surface area contributed by atoms with E-state index in [4.69, 9.17) is 4.74 Å². The number of nitrogens with one attached hydrogen (secondary N) is 1. The molecule has 0 unspecified atom stereocenters. The lowest BCUT2D eigenvalue weighted by atomic mass is 10.0. The summed E-state index contributed by atoms with van der Waals surface area (Å²) < 4.78 is 4.70. The molecule has 4 heteroatoms. The highest BCUT2D eigenvalue weighted by Gasteiger charge is 2.25. The summed E-state index contributed by atoms with van der Waals surface area (Å²) >= 11 is 0. The second-order valence-corrected chi connectivity index (χ2v) is 4.73.